The monoisotopic (exact) mass is 416 g/mol. The molecular weight excluding hydrogens is 403 g/mol. The molecule has 0 saturated carbocycles. The SMILES string of the molecule is O=C1c2ccccc2-[n+]2ccc3c([nH]c4ccc(-c5ccc(Cl)cc5)cc43)c21.[Cl-]. The van der Waals surface area contributed by atoms with Crippen molar-refractivity contribution in [1.82, 2.24) is 4.98 Å². The highest BCUT2D eigenvalue weighted by atomic mass is 35.5. The summed E-state index contributed by atoms with van der Waals surface area (Å²) in [5.41, 5.74) is 6.51. The van der Waals surface area contributed by atoms with Crippen LogP contribution in [0.4, 0.5) is 0 Å². The zero-order valence-electron chi connectivity index (χ0n) is 15.1. The van der Waals surface area contributed by atoms with Gasteiger partial charge in [0, 0.05) is 33.4 Å². The molecule has 0 fully saturated rings. The number of carbonyl (C=O) groups excluding carboxylic acids is 1. The van der Waals surface area contributed by atoms with E-state index >= 15 is 0 Å². The summed E-state index contributed by atoms with van der Waals surface area (Å²) >= 11 is 6.02. The van der Waals surface area contributed by atoms with Gasteiger partial charge in [0.2, 0.25) is 5.69 Å². The Morgan fingerprint density at radius 3 is 2.41 bits per heavy atom. The van der Waals surface area contributed by atoms with Crippen LogP contribution >= 0.6 is 11.6 Å². The van der Waals surface area contributed by atoms with E-state index in [1.54, 1.807) is 0 Å². The summed E-state index contributed by atoms with van der Waals surface area (Å²) in [5.74, 6) is 0.0608. The largest absolute Gasteiger partial charge is 1.00 e. The molecule has 0 radical (unpaired) electrons. The number of ketones is 1. The molecule has 6 rings (SSSR count). The summed E-state index contributed by atoms with van der Waals surface area (Å²) in [7, 11) is 0. The molecule has 0 spiro atoms. The fraction of sp³-hybridized carbons (Fsp3) is 0. The Hall–Kier alpha value is -3.14. The zero-order chi connectivity index (χ0) is 18.8. The van der Waals surface area contributed by atoms with Crippen molar-refractivity contribution in [3.05, 3.63) is 95.3 Å². The molecule has 0 atom stereocenters. The van der Waals surface area contributed by atoms with E-state index in [1.165, 1.54) is 0 Å². The van der Waals surface area contributed by atoms with Gasteiger partial charge >= 0.3 is 0 Å². The lowest BCUT2D eigenvalue weighted by molar-refractivity contribution is -0.592. The molecule has 0 aliphatic carbocycles. The van der Waals surface area contributed by atoms with Crippen molar-refractivity contribution in [3.63, 3.8) is 0 Å². The number of para-hydroxylation sites is 1. The molecule has 1 aliphatic heterocycles. The summed E-state index contributed by atoms with van der Waals surface area (Å²) in [6.07, 6.45) is 1.99. The van der Waals surface area contributed by atoms with Gasteiger partial charge in [-0.25, -0.2) is 0 Å². The highest BCUT2D eigenvalue weighted by Gasteiger charge is 2.37. The lowest BCUT2D eigenvalue weighted by Crippen LogP contribution is -3.00. The molecule has 2 aromatic heterocycles. The fourth-order valence-corrected chi connectivity index (χ4v) is 4.29. The van der Waals surface area contributed by atoms with Crippen LogP contribution in [0.15, 0.2) is 79.0 Å². The number of halogens is 2. The van der Waals surface area contributed by atoms with Crippen molar-refractivity contribution in [2.24, 2.45) is 0 Å². The molecule has 0 unspecified atom stereocenters. The third-order valence-electron chi connectivity index (χ3n) is 5.51. The molecule has 3 aromatic carbocycles. The Morgan fingerprint density at radius 2 is 1.59 bits per heavy atom. The highest BCUT2D eigenvalue weighted by Crippen LogP contribution is 2.33. The van der Waals surface area contributed by atoms with Gasteiger partial charge in [-0.05, 0) is 41.5 Å². The van der Waals surface area contributed by atoms with Crippen molar-refractivity contribution >= 4 is 39.2 Å². The first kappa shape index (κ1) is 17.9. The van der Waals surface area contributed by atoms with Gasteiger partial charge in [0.25, 0.3) is 11.5 Å². The fourth-order valence-electron chi connectivity index (χ4n) is 4.17. The second kappa shape index (κ2) is 6.45. The van der Waals surface area contributed by atoms with E-state index in [4.69, 9.17) is 11.6 Å². The highest BCUT2D eigenvalue weighted by molar-refractivity contribution is 6.30. The summed E-state index contributed by atoms with van der Waals surface area (Å²) in [6.45, 7) is 0. The Bertz CT molecular complexity index is 1440. The molecule has 5 heteroatoms. The van der Waals surface area contributed by atoms with Gasteiger partial charge in [-0.1, -0.05) is 41.9 Å². The molecule has 0 bridgehead atoms. The van der Waals surface area contributed by atoms with Crippen LogP contribution in [-0.2, 0) is 0 Å². The Labute approximate surface area is 178 Å². The number of aromatic amines is 1. The third kappa shape index (κ3) is 2.52. The molecule has 140 valence electrons. The summed E-state index contributed by atoms with van der Waals surface area (Å²) in [6, 6.07) is 24.0. The van der Waals surface area contributed by atoms with E-state index in [2.05, 4.69) is 29.2 Å². The first-order valence-corrected chi connectivity index (χ1v) is 9.49. The number of aromatic nitrogens is 2. The standard InChI is InChI=1S/C24H13ClN2O.ClH/c25-16-8-5-14(6-9-16)15-7-10-20-19(13-15)17-11-12-27-21-4-2-1-3-18(21)24(28)23(27)22(17)26-20;/h1-13H;1H. The number of hydrogen-bond donors (Lipinski definition) is 1. The number of carbonyl (C=O) groups is 1. The smallest absolute Gasteiger partial charge is 0.284 e. The second-order valence-electron chi connectivity index (χ2n) is 7.06. The average Bonchev–Trinajstić information content (AvgIpc) is 3.24. The van der Waals surface area contributed by atoms with Gasteiger partial charge < -0.3 is 17.4 Å². The minimum absolute atomic E-state index is 0. The minimum Gasteiger partial charge on any atom is -1.00 e. The van der Waals surface area contributed by atoms with E-state index in [-0.39, 0.29) is 18.2 Å². The number of hydrogen-bond acceptors (Lipinski definition) is 1. The lowest BCUT2D eigenvalue weighted by Gasteiger charge is -2.02. The summed E-state index contributed by atoms with van der Waals surface area (Å²) < 4.78 is 1.98. The van der Waals surface area contributed by atoms with E-state index in [0.717, 1.165) is 49.2 Å². The molecule has 3 heterocycles. The van der Waals surface area contributed by atoms with Gasteiger partial charge in [0.1, 0.15) is 11.1 Å². The molecule has 0 amide bonds. The Kier molecular flexibility index (Phi) is 3.98. The van der Waals surface area contributed by atoms with Crippen LogP contribution in [0.25, 0.3) is 38.6 Å². The third-order valence-corrected chi connectivity index (χ3v) is 5.76. The average molecular weight is 417 g/mol. The maximum atomic E-state index is 13.0. The molecule has 29 heavy (non-hydrogen) atoms. The van der Waals surface area contributed by atoms with Gasteiger partial charge in [-0.15, -0.1) is 0 Å². The Morgan fingerprint density at radius 1 is 0.828 bits per heavy atom. The Balaban J connectivity index is 0.00000181. The molecule has 1 aliphatic rings. The van der Waals surface area contributed by atoms with Crippen LogP contribution in [0.1, 0.15) is 16.1 Å². The van der Waals surface area contributed by atoms with Crippen LogP contribution < -0.4 is 17.0 Å². The zero-order valence-corrected chi connectivity index (χ0v) is 16.6. The van der Waals surface area contributed by atoms with Crippen molar-refractivity contribution in [3.8, 4) is 16.8 Å². The van der Waals surface area contributed by atoms with Gasteiger partial charge in [-0.3, -0.25) is 4.79 Å². The topological polar surface area (TPSA) is 36.7 Å². The quantitative estimate of drug-likeness (QED) is 0.410. The maximum Gasteiger partial charge on any atom is 0.284 e. The van der Waals surface area contributed by atoms with E-state index in [9.17, 15) is 4.79 Å². The van der Waals surface area contributed by atoms with Gasteiger partial charge in [0.15, 0.2) is 6.20 Å². The first-order valence-electron chi connectivity index (χ1n) is 9.11. The maximum absolute atomic E-state index is 13.0. The van der Waals surface area contributed by atoms with E-state index < -0.39 is 0 Å². The number of nitrogens with one attached hydrogen (secondary N) is 1. The first-order chi connectivity index (χ1) is 13.7. The summed E-state index contributed by atoms with van der Waals surface area (Å²) in [4.78, 5) is 16.5. The number of benzene rings is 3. The summed E-state index contributed by atoms with van der Waals surface area (Å²) in [5, 5.41) is 2.88. The van der Waals surface area contributed by atoms with Crippen molar-refractivity contribution in [2.75, 3.05) is 0 Å². The van der Waals surface area contributed by atoms with Crippen LogP contribution in [0.5, 0.6) is 0 Å². The van der Waals surface area contributed by atoms with Crippen molar-refractivity contribution in [1.29, 1.82) is 0 Å². The lowest BCUT2D eigenvalue weighted by atomic mass is 10.0. The number of pyridine rings is 1. The molecule has 0 saturated heterocycles. The predicted molar refractivity (Wildman–Crippen MR) is 111 cm³/mol. The number of rotatable bonds is 1. The van der Waals surface area contributed by atoms with Gasteiger partial charge in [0.05, 0.1) is 0 Å². The normalized spacial score (nSPS) is 12.1. The van der Waals surface area contributed by atoms with Crippen LogP contribution in [-0.4, -0.2) is 10.8 Å². The molecule has 5 aromatic rings. The minimum atomic E-state index is 0. The van der Waals surface area contributed by atoms with Gasteiger partial charge in [-0.2, -0.15) is 4.57 Å². The van der Waals surface area contributed by atoms with Crippen LogP contribution in [0.2, 0.25) is 5.02 Å². The molecule has 3 nitrogen and oxygen atoms in total. The molecule has 1 N–H and O–H groups in total. The number of H-pyrrole nitrogens is 1. The van der Waals surface area contributed by atoms with E-state index in [0.29, 0.717) is 5.69 Å². The predicted octanol–water partition coefficient (Wildman–Crippen LogP) is 2.47. The number of fused-ring (bicyclic) bond motifs is 7. The van der Waals surface area contributed by atoms with Crippen molar-refractivity contribution < 1.29 is 21.8 Å². The van der Waals surface area contributed by atoms with Crippen LogP contribution in [0, 0.1) is 0 Å². The molecular formula is C24H14Cl2N2O. The van der Waals surface area contributed by atoms with E-state index in [1.807, 2.05) is 59.3 Å². The van der Waals surface area contributed by atoms with Crippen molar-refractivity contribution in [2.45, 2.75) is 0 Å². The number of nitrogens with zero attached hydrogens (tertiary/aromatic N) is 1. The van der Waals surface area contributed by atoms with Crippen LogP contribution in [0.3, 0.4) is 0 Å². The second-order valence-corrected chi connectivity index (χ2v) is 7.50.